The number of piperidine rings is 1. The van der Waals surface area contributed by atoms with E-state index in [1.807, 2.05) is 71.9 Å². The number of likely N-dealkylation sites (tertiary alicyclic amines) is 1. The number of carbonyl (C=O) groups is 6. The molecule has 2 saturated heterocycles. The van der Waals surface area contributed by atoms with Gasteiger partial charge in [0.05, 0.1) is 24.2 Å². The quantitative estimate of drug-likeness (QED) is 0.0345. The highest BCUT2D eigenvalue weighted by Crippen LogP contribution is 2.35. The van der Waals surface area contributed by atoms with Crippen LogP contribution in [-0.4, -0.2) is 127 Å². The zero-order chi connectivity index (χ0) is 52.5. The van der Waals surface area contributed by atoms with Crippen molar-refractivity contribution < 1.29 is 62.7 Å². The fourth-order valence-corrected chi connectivity index (χ4v) is 9.97. The first-order valence-corrected chi connectivity index (χ1v) is 26.0. The van der Waals surface area contributed by atoms with E-state index >= 15 is 0 Å². The number of ether oxygens (including phenoxy) is 5. The van der Waals surface area contributed by atoms with Crippen molar-refractivity contribution in [2.75, 3.05) is 27.9 Å². The molecule has 1 aliphatic carbocycles. The van der Waals surface area contributed by atoms with Gasteiger partial charge in [-0.2, -0.15) is 0 Å². The Kier molecular flexibility index (Phi) is 25.1. The van der Waals surface area contributed by atoms with Crippen molar-refractivity contribution in [3.05, 3.63) is 47.6 Å². The number of esters is 2. The summed E-state index contributed by atoms with van der Waals surface area (Å²) in [5, 5.41) is 21.9. The summed E-state index contributed by atoms with van der Waals surface area (Å²) in [6.07, 6.45) is 14.1. The number of allylic oxidation sites excluding steroid dienone is 6. The standard InChI is InChI=1S/C56H89NO13/c1-14-56(9,10)52(62)53(63)57-27-19-18-22-43(57)55(65)70-47(38(6)30-41-24-26-44(58)48(31-41)67-12)33-45(59)37(5)29-40(8)50(61)51(68-13)49(60)39(7)28-34(2)20-16-15-17-21-35(3)46(66-11)32-42-25-23-36(4)54(64)69-42/h15-17,20-21,29,34,36-39,41-44,46-48,50-51,58,61H,14,18-19,22-28,30-33H2,1-13H3/t34-,36-,37-,38-,39+,41+,42?,43+,44-,46+,47+,48-,50-,51+/m1/s1. The Balaban J connectivity index is 1.68. The zero-order valence-electron chi connectivity index (χ0n) is 44.8. The van der Waals surface area contributed by atoms with Gasteiger partial charge in [0, 0.05) is 58.0 Å². The van der Waals surface area contributed by atoms with E-state index in [-0.39, 0.29) is 72.5 Å². The van der Waals surface area contributed by atoms with E-state index in [1.54, 1.807) is 48.0 Å². The molecule has 0 radical (unpaired) electrons. The van der Waals surface area contributed by atoms with E-state index in [2.05, 4.69) is 0 Å². The first kappa shape index (κ1) is 60.5. The molecule has 1 unspecified atom stereocenters. The summed E-state index contributed by atoms with van der Waals surface area (Å²) in [7, 11) is 4.61. The minimum atomic E-state index is -1.32. The van der Waals surface area contributed by atoms with Crippen LogP contribution in [0, 0.1) is 40.9 Å². The average Bonchev–Trinajstić information content (AvgIpc) is 3.33. The first-order valence-electron chi connectivity index (χ1n) is 26.0. The molecule has 0 bridgehead atoms. The number of rotatable bonds is 27. The molecule has 14 nitrogen and oxygen atoms in total. The number of methoxy groups -OCH3 is 3. The molecule has 0 aromatic carbocycles. The molecule has 2 heterocycles. The molecule has 14 heteroatoms. The van der Waals surface area contributed by atoms with E-state index in [4.69, 9.17) is 23.7 Å². The van der Waals surface area contributed by atoms with Gasteiger partial charge in [-0.15, -0.1) is 0 Å². The predicted octanol–water partition coefficient (Wildman–Crippen LogP) is 8.44. The Morgan fingerprint density at radius 3 is 2.23 bits per heavy atom. The van der Waals surface area contributed by atoms with Crippen LogP contribution in [0.2, 0.25) is 0 Å². The van der Waals surface area contributed by atoms with Crippen LogP contribution in [0.15, 0.2) is 47.6 Å². The van der Waals surface area contributed by atoms with Crippen molar-refractivity contribution >= 4 is 35.2 Å². The van der Waals surface area contributed by atoms with Gasteiger partial charge in [-0.1, -0.05) is 91.8 Å². The van der Waals surface area contributed by atoms with Gasteiger partial charge < -0.3 is 38.8 Å². The van der Waals surface area contributed by atoms with Gasteiger partial charge in [0.2, 0.25) is 5.78 Å². The molecule has 1 saturated carbocycles. The molecule has 70 heavy (non-hydrogen) atoms. The van der Waals surface area contributed by atoms with Gasteiger partial charge in [-0.05, 0) is 113 Å². The summed E-state index contributed by atoms with van der Waals surface area (Å²) >= 11 is 0. The monoisotopic (exact) mass is 984 g/mol. The largest absolute Gasteiger partial charge is 0.462 e. The maximum Gasteiger partial charge on any atom is 0.329 e. The van der Waals surface area contributed by atoms with E-state index < -0.39 is 65.4 Å². The number of cyclic esters (lactones) is 1. The topological polar surface area (TPSA) is 192 Å². The van der Waals surface area contributed by atoms with E-state index in [9.17, 15) is 39.0 Å². The van der Waals surface area contributed by atoms with E-state index in [0.717, 1.165) is 24.8 Å². The minimum absolute atomic E-state index is 0.0284. The molecule has 2 N–H and O–H groups in total. The number of aliphatic hydroxyl groups excluding tert-OH is 2. The van der Waals surface area contributed by atoms with Gasteiger partial charge in [0.15, 0.2) is 5.78 Å². The molecule has 3 fully saturated rings. The lowest BCUT2D eigenvalue weighted by Gasteiger charge is -2.37. The van der Waals surface area contributed by atoms with Crippen molar-refractivity contribution in [2.45, 2.75) is 201 Å². The molecule has 0 aromatic heterocycles. The lowest BCUT2D eigenvalue weighted by Crippen LogP contribution is -2.53. The van der Waals surface area contributed by atoms with E-state index in [0.29, 0.717) is 63.4 Å². The smallest absolute Gasteiger partial charge is 0.329 e. The Labute approximate surface area is 419 Å². The summed E-state index contributed by atoms with van der Waals surface area (Å²) in [5.74, 6) is -3.89. The van der Waals surface area contributed by atoms with Crippen molar-refractivity contribution in [1.29, 1.82) is 0 Å². The first-order chi connectivity index (χ1) is 33.0. The van der Waals surface area contributed by atoms with Crippen LogP contribution in [0.4, 0.5) is 0 Å². The number of hydrogen-bond donors (Lipinski definition) is 2. The third-order valence-corrected chi connectivity index (χ3v) is 15.3. The van der Waals surface area contributed by atoms with Crippen molar-refractivity contribution in [2.24, 2.45) is 40.9 Å². The second-order valence-electron chi connectivity index (χ2n) is 21.5. The van der Waals surface area contributed by atoms with Crippen LogP contribution < -0.4 is 0 Å². The van der Waals surface area contributed by atoms with Crippen molar-refractivity contribution in [3.63, 3.8) is 0 Å². The fraction of sp³-hybridized carbons (Fsp3) is 0.750. The van der Waals surface area contributed by atoms with Crippen LogP contribution in [0.3, 0.4) is 0 Å². The van der Waals surface area contributed by atoms with Crippen molar-refractivity contribution in [3.8, 4) is 0 Å². The molecule has 14 atom stereocenters. The predicted molar refractivity (Wildman–Crippen MR) is 269 cm³/mol. The number of carbonyl (C=O) groups excluding carboxylic acids is 6. The Hall–Kier alpha value is -3.82. The highest BCUT2D eigenvalue weighted by atomic mass is 16.6. The van der Waals surface area contributed by atoms with Gasteiger partial charge in [0.25, 0.3) is 5.91 Å². The second kappa shape index (κ2) is 29.0. The minimum Gasteiger partial charge on any atom is -0.462 e. The normalized spacial score (nSPS) is 26.4. The SMILES string of the molecule is CCC(C)(C)C(=O)C(=O)N1CCCC[C@H]1C(=O)O[C@@H](CC(=O)[C@H](C)C=C(C)[C@@H](O)[C@@H](OC)C(=O)[C@@H](C)C[C@H](C)C=CC=CC=C(C)[C@H](CC1CC[C@@H](C)C(=O)O1)OC)[C@H](C)C[C@@H]1CC[C@@H](O)[C@H](OC)C1. The van der Waals surface area contributed by atoms with Gasteiger partial charge >= 0.3 is 11.9 Å². The molecule has 0 spiro atoms. The lowest BCUT2D eigenvalue weighted by atomic mass is 9.78. The van der Waals surface area contributed by atoms with Gasteiger partial charge in [-0.3, -0.25) is 24.0 Å². The molecule has 3 rings (SSSR count). The maximum atomic E-state index is 14.1. The average molecular weight is 984 g/mol. The van der Waals surface area contributed by atoms with Gasteiger partial charge in [-0.25, -0.2) is 4.79 Å². The zero-order valence-corrected chi connectivity index (χ0v) is 44.8. The summed E-state index contributed by atoms with van der Waals surface area (Å²) in [5.41, 5.74) is 0.519. The number of aliphatic hydroxyl groups is 2. The lowest BCUT2D eigenvalue weighted by molar-refractivity contribution is -0.167. The summed E-state index contributed by atoms with van der Waals surface area (Å²) in [6.45, 7) is 18.5. The molecular formula is C56H89NO13. The Morgan fingerprint density at radius 1 is 0.900 bits per heavy atom. The highest BCUT2D eigenvalue weighted by molar-refractivity contribution is 6.38. The molecule has 0 aromatic rings. The van der Waals surface area contributed by atoms with Crippen LogP contribution in [0.5, 0.6) is 0 Å². The van der Waals surface area contributed by atoms with Crippen LogP contribution in [0.25, 0.3) is 0 Å². The molecular weight excluding hydrogens is 895 g/mol. The fourth-order valence-electron chi connectivity index (χ4n) is 9.97. The third-order valence-electron chi connectivity index (χ3n) is 15.3. The molecule has 1 amide bonds. The van der Waals surface area contributed by atoms with Crippen molar-refractivity contribution in [1.82, 2.24) is 4.90 Å². The number of Topliss-reactive ketones (excluding diaryl/α,β-unsaturated/α-hetero) is 3. The molecule has 2 aliphatic heterocycles. The van der Waals surface area contributed by atoms with E-state index in [1.165, 1.54) is 12.0 Å². The Morgan fingerprint density at radius 2 is 1.60 bits per heavy atom. The number of amides is 1. The number of hydrogen-bond acceptors (Lipinski definition) is 13. The molecule has 396 valence electrons. The summed E-state index contributed by atoms with van der Waals surface area (Å²) in [6, 6.07) is -0.958. The second-order valence-corrected chi connectivity index (χ2v) is 21.5. The summed E-state index contributed by atoms with van der Waals surface area (Å²) in [4.78, 5) is 82.2. The summed E-state index contributed by atoms with van der Waals surface area (Å²) < 4.78 is 28.7. The molecule has 3 aliphatic rings. The third kappa shape index (κ3) is 17.7. The highest BCUT2D eigenvalue weighted by Gasteiger charge is 2.42. The van der Waals surface area contributed by atoms with Crippen LogP contribution in [0.1, 0.15) is 153 Å². The number of nitrogens with zero attached hydrogens (tertiary/aromatic N) is 1. The Bertz CT molecular complexity index is 1870. The number of ketones is 3. The van der Waals surface area contributed by atoms with Gasteiger partial charge in [0.1, 0.15) is 36.2 Å². The van der Waals surface area contributed by atoms with Crippen LogP contribution >= 0.6 is 0 Å². The van der Waals surface area contributed by atoms with Crippen LogP contribution in [-0.2, 0) is 52.5 Å². The maximum absolute atomic E-state index is 14.1.